The second-order valence-corrected chi connectivity index (χ2v) is 10.1. The fourth-order valence-electron chi connectivity index (χ4n) is 3.89. The van der Waals surface area contributed by atoms with Crippen molar-refractivity contribution in [1.82, 2.24) is 0 Å². The van der Waals surface area contributed by atoms with Gasteiger partial charge in [-0.05, 0) is 114 Å². The zero-order valence-corrected chi connectivity index (χ0v) is 26.6. The number of esters is 3. The number of carbonyl (C=O) groups excluding carboxylic acids is 3. The summed E-state index contributed by atoms with van der Waals surface area (Å²) in [5.74, 6) is 0.470. The molecule has 4 rings (SSSR count). The number of unbranched alkanes of at least 4 members (excludes halogenated alkanes) is 1. The number of ether oxygens (including phenoxy) is 4. The van der Waals surface area contributed by atoms with Crippen LogP contribution in [-0.2, 0) is 25.8 Å². The van der Waals surface area contributed by atoms with Crippen LogP contribution in [0.5, 0.6) is 23.0 Å². The van der Waals surface area contributed by atoms with E-state index in [1.807, 2.05) is 0 Å². The molecular formula is C38H34N2O9. The molecule has 0 heterocycles. The molecule has 4 aromatic carbocycles. The Hall–Kier alpha value is -6.33. The van der Waals surface area contributed by atoms with Gasteiger partial charge >= 0.3 is 17.9 Å². The van der Waals surface area contributed by atoms with Crippen molar-refractivity contribution in [3.05, 3.63) is 145 Å². The molecule has 0 aliphatic heterocycles. The molecule has 11 nitrogen and oxygen atoms in total. The first-order valence-corrected chi connectivity index (χ1v) is 15.2. The number of nitrogens with zero attached hydrogens (tertiary/aromatic N) is 2. The molecule has 0 saturated heterocycles. The van der Waals surface area contributed by atoms with E-state index in [9.17, 15) is 14.4 Å². The molecule has 0 atom stereocenters. The van der Waals surface area contributed by atoms with Crippen LogP contribution in [0.3, 0.4) is 0 Å². The fourth-order valence-corrected chi connectivity index (χ4v) is 3.89. The highest BCUT2D eigenvalue weighted by Gasteiger charge is 2.09. The van der Waals surface area contributed by atoms with Gasteiger partial charge in [-0.3, -0.25) is 0 Å². The van der Waals surface area contributed by atoms with Gasteiger partial charge in [0.1, 0.15) is 23.9 Å². The fraction of sp³-hybridized carbons (Fsp3) is 0.132. The van der Waals surface area contributed by atoms with Gasteiger partial charge in [-0.15, -0.1) is 0 Å². The lowest BCUT2D eigenvalue weighted by molar-refractivity contribution is -0.217. The van der Waals surface area contributed by atoms with Crippen molar-refractivity contribution in [2.75, 3.05) is 13.2 Å². The molecule has 0 fully saturated rings. The minimum atomic E-state index is -0.524. The number of benzene rings is 4. The van der Waals surface area contributed by atoms with Gasteiger partial charge in [-0.1, -0.05) is 25.3 Å². The summed E-state index contributed by atoms with van der Waals surface area (Å²) in [6, 6.07) is 27.4. The Morgan fingerprint density at radius 2 is 1.12 bits per heavy atom. The van der Waals surface area contributed by atoms with E-state index in [0.717, 1.165) is 28.8 Å². The summed E-state index contributed by atoms with van der Waals surface area (Å²) >= 11 is 0. The predicted molar refractivity (Wildman–Crippen MR) is 183 cm³/mol. The van der Waals surface area contributed by atoms with Crippen molar-refractivity contribution >= 4 is 30.3 Å². The molecule has 0 aromatic heterocycles. The summed E-state index contributed by atoms with van der Waals surface area (Å²) in [4.78, 5) is 45.5. The van der Waals surface area contributed by atoms with Crippen LogP contribution in [0, 0.1) is 0 Å². The Bertz CT molecular complexity index is 1750. The van der Waals surface area contributed by atoms with Gasteiger partial charge in [-0.25, -0.2) is 14.4 Å². The minimum Gasteiger partial charge on any atom is -0.494 e. The van der Waals surface area contributed by atoms with E-state index >= 15 is 0 Å². The highest BCUT2D eigenvalue weighted by molar-refractivity contribution is 5.91. The molecule has 0 spiro atoms. The number of carbonyl (C=O) groups is 3. The van der Waals surface area contributed by atoms with Crippen LogP contribution in [0.1, 0.15) is 39.9 Å². The molecule has 0 bridgehead atoms. The monoisotopic (exact) mass is 662 g/mol. The highest BCUT2D eigenvalue weighted by Crippen LogP contribution is 2.18. The van der Waals surface area contributed by atoms with Gasteiger partial charge < -0.3 is 23.8 Å². The van der Waals surface area contributed by atoms with Crippen LogP contribution < -0.4 is 19.1 Å². The lowest BCUT2D eigenvalue weighted by atomic mass is 10.2. The summed E-state index contributed by atoms with van der Waals surface area (Å²) < 4.78 is 21.1. The van der Waals surface area contributed by atoms with Crippen LogP contribution >= 0.6 is 0 Å². The zero-order valence-electron chi connectivity index (χ0n) is 26.6. The molecule has 49 heavy (non-hydrogen) atoms. The van der Waals surface area contributed by atoms with Crippen molar-refractivity contribution in [2.45, 2.75) is 19.4 Å². The first-order chi connectivity index (χ1) is 23.9. The molecule has 0 unspecified atom stereocenters. The summed E-state index contributed by atoms with van der Waals surface area (Å²) in [6.45, 7) is 7.67. The second kappa shape index (κ2) is 19.4. The van der Waals surface area contributed by atoms with E-state index in [4.69, 9.17) is 28.7 Å². The standard InChI is InChI=1S/C38H34N2O9/c1-3-36(41)45-24-6-5-23-44-32-21-13-31(14-22-32)38(43)48-34-15-7-28(8-16-34)25-39-40-26-29-9-19-35(20-10-29)49-46-27-30-11-17-33(18-12-30)47-37(42)4-2/h3-4,7-22,25-26H,1-2,5-6,23-24,27H2/b39-25+,40-26+. The van der Waals surface area contributed by atoms with Gasteiger partial charge in [-0.2, -0.15) is 15.1 Å². The summed E-state index contributed by atoms with van der Waals surface area (Å²) in [6.07, 6.45) is 6.78. The van der Waals surface area contributed by atoms with Crippen molar-refractivity contribution in [2.24, 2.45) is 10.2 Å². The van der Waals surface area contributed by atoms with E-state index in [2.05, 4.69) is 23.4 Å². The van der Waals surface area contributed by atoms with Gasteiger partial charge in [0.15, 0.2) is 5.75 Å². The predicted octanol–water partition coefficient (Wildman–Crippen LogP) is 6.85. The van der Waals surface area contributed by atoms with Crippen LogP contribution in [0.15, 0.2) is 133 Å². The van der Waals surface area contributed by atoms with Gasteiger partial charge in [0.25, 0.3) is 0 Å². The topological polar surface area (TPSA) is 131 Å². The van der Waals surface area contributed by atoms with Crippen LogP contribution in [-0.4, -0.2) is 43.6 Å². The first-order valence-electron chi connectivity index (χ1n) is 15.2. The Morgan fingerprint density at radius 1 is 0.592 bits per heavy atom. The molecule has 0 aliphatic carbocycles. The van der Waals surface area contributed by atoms with Crippen molar-refractivity contribution < 1.29 is 43.1 Å². The number of rotatable bonds is 18. The van der Waals surface area contributed by atoms with Crippen molar-refractivity contribution in [3.63, 3.8) is 0 Å². The average molecular weight is 663 g/mol. The molecule has 0 N–H and O–H groups in total. The largest absolute Gasteiger partial charge is 0.494 e. The molecule has 0 radical (unpaired) electrons. The average Bonchev–Trinajstić information content (AvgIpc) is 3.13. The van der Waals surface area contributed by atoms with Crippen LogP contribution in [0.25, 0.3) is 0 Å². The third-order valence-corrected chi connectivity index (χ3v) is 6.45. The molecule has 0 amide bonds. The molecular weight excluding hydrogens is 628 g/mol. The lowest BCUT2D eigenvalue weighted by Crippen LogP contribution is -2.08. The first kappa shape index (κ1) is 35.5. The quantitative estimate of drug-likeness (QED) is 0.0214. The summed E-state index contributed by atoms with van der Waals surface area (Å²) in [7, 11) is 0. The molecule has 0 aliphatic rings. The van der Waals surface area contributed by atoms with Gasteiger partial charge in [0.05, 0.1) is 31.2 Å². The Balaban J connectivity index is 1.14. The summed E-state index contributed by atoms with van der Waals surface area (Å²) in [5, 5.41) is 8.15. The third kappa shape index (κ3) is 12.8. The number of hydrogen-bond donors (Lipinski definition) is 0. The van der Waals surface area contributed by atoms with E-state index in [-0.39, 0.29) is 6.61 Å². The molecule has 4 aromatic rings. The van der Waals surface area contributed by atoms with Crippen LogP contribution in [0.4, 0.5) is 0 Å². The zero-order chi connectivity index (χ0) is 34.7. The SMILES string of the molecule is C=CC(=O)OCCCCOc1ccc(C(=O)Oc2ccc(/C=N/N=C/c3ccc(OOCc4ccc(OC(=O)C=C)cc4)cc3)cc2)cc1. The maximum atomic E-state index is 12.6. The maximum absolute atomic E-state index is 12.6. The number of hydrogen-bond acceptors (Lipinski definition) is 11. The van der Waals surface area contributed by atoms with Crippen molar-refractivity contribution in [3.8, 4) is 23.0 Å². The Morgan fingerprint density at radius 3 is 1.73 bits per heavy atom. The Kier molecular flexibility index (Phi) is 14.0. The second-order valence-electron chi connectivity index (χ2n) is 10.1. The lowest BCUT2D eigenvalue weighted by Gasteiger charge is -2.08. The molecule has 11 heteroatoms. The molecule has 250 valence electrons. The van der Waals surface area contributed by atoms with Crippen molar-refractivity contribution in [1.29, 1.82) is 0 Å². The normalized spacial score (nSPS) is 10.8. The maximum Gasteiger partial charge on any atom is 0.343 e. The van der Waals surface area contributed by atoms with E-state index in [1.165, 1.54) is 0 Å². The van der Waals surface area contributed by atoms with E-state index in [0.29, 0.717) is 54.6 Å². The van der Waals surface area contributed by atoms with E-state index in [1.54, 1.807) is 109 Å². The smallest absolute Gasteiger partial charge is 0.343 e. The Labute approximate surface area is 283 Å². The van der Waals surface area contributed by atoms with Crippen LogP contribution in [0.2, 0.25) is 0 Å². The van der Waals surface area contributed by atoms with Gasteiger partial charge in [0, 0.05) is 12.2 Å². The van der Waals surface area contributed by atoms with E-state index < -0.39 is 17.9 Å². The molecule has 0 saturated carbocycles. The highest BCUT2D eigenvalue weighted by atomic mass is 17.2. The third-order valence-electron chi connectivity index (χ3n) is 6.45. The minimum absolute atomic E-state index is 0.197. The van der Waals surface area contributed by atoms with Gasteiger partial charge in [0.2, 0.25) is 0 Å². The summed E-state index contributed by atoms with van der Waals surface area (Å²) in [5.41, 5.74) is 2.79.